The van der Waals surface area contributed by atoms with Crippen LogP contribution >= 0.6 is 0 Å². The van der Waals surface area contributed by atoms with Gasteiger partial charge in [-0.05, 0) is 55.9 Å². The van der Waals surface area contributed by atoms with Crippen LogP contribution in [-0.2, 0) is 14.3 Å². The number of hydrogen-bond acceptors (Lipinski definition) is 4. The van der Waals surface area contributed by atoms with Gasteiger partial charge in [0, 0.05) is 0 Å². The van der Waals surface area contributed by atoms with E-state index in [0.717, 1.165) is 11.3 Å². The molecule has 168 valence electrons. The number of benzene rings is 2. The SMILES string of the molecule is CC(C)OC(C(=O)O)C(OCCOc1ccc(C2CCCCC2)cc1)c1ccccc1. The van der Waals surface area contributed by atoms with Crippen molar-refractivity contribution in [1.82, 2.24) is 0 Å². The van der Waals surface area contributed by atoms with Crippen LogP contribution in [0.3, 0.4) is 0 Å². The Labute approximate surface area is 185 Å². The minimum atomic E-state index is -1.09. The second-order valence-electron chi connectivity index (χ2n) is 8.40. The number of ether oxygens (including phenoxy) is 3. The average molecular weight is 427 g/mol. The van der Waals surface area contributed by atoms with Gasteiger partial charge in [-0.3, -0.25) is 0 Å². The topological polar surface area (TPSA) is 65.0 Å². The van der Waals surface area contributed by atoms with Crippen molar-refractivity contribution in [2.24, 2.45) is 0 Å². The van der Waals surface area contributed by atoms with Gasteiger partial charge in [-0.2, -0.15) is 0 Å². The highest BCUT2D eigenvalue weighted by molar-refractivity contribution is 5.73. The molecule has 5 heteroatoms. The molecular weight excluding hydrogens is 392 g/mol. The van der Waals surface area contributed by atoms with Gasteiger partial charge in [0.15, 0.2) is 6.10 Å². The van der Waals surface area contributed by atoms with E-state index >= 15 is 0 Å². The fourth-order valence-corrected chi connectivity index (χ4v) is 4.16. The molecular formula is C26H34O5. The van der Waals surface area contributed by atoms with Gasteiger partial charge in [0.05, 0.1) is 12.7 Å². The van der Waals surface area contributed by atoms with Gasteiger partial charge in [0.2, 0.25) is 0 Å². The molecule has 2 aromatic carbocycles. The molecule has 2 unspecified atom stereocenters. The number of hydrogen-bond donors (Lipinski definition) is 1. The molecule has 3 rings (SSSR count). The summed E-state index contributed by atoms with van der Waals surface area (Å²) >= 11 is 0. The first-order chi connectivity index (χ1) is 15.0. The van der Waals surface area contributed by atoms with Crippen LogP contribution < -0.4 is 4.74 Å². The molecule has 0 aromatic heterocycles. The first-order valence-corrected chi connectivity index (χ1v) is 11.3. The Bertz CT molecular complexity index is 781. The van der Waals surface area contributed by atoms with Crippen LogP contribution in [0.15, 0.2) is 54.6 Å². The van der Waals surface area contributed by atoms with Crippen molar-refractivity contribution in [3.63, 3.8) is 0 Å². The summed E-state index contributed by atoms with van der Waals surface area (Å²) in [4.78, 5) is 11.8. The van der Waals surface area contributed by atoms with Crippen LogP contribution in [0, 0.1) is 0 Å². The summed E-state index contributed by atoms with van der Waals surface area (Å²) in [6, 6.07) is 17.7. The van der Waals surface area contributed by atoms with Crippen molar-refractivity contribution in [2.45, 2.75) is 70.2 Å². The molecule has 31 heavy (non-hydrogen) atoms. The Hall–Kier alpha value is -2.37. The third-order valence-electron chi connectivity index (χ3n) is 5.67. The van der Waals surface area contributed by atoms with Crippen molar-refractivity contribution in [1.29, 1.82) is 0 Å². The maximum atomic E-state index is 11.8. The third-order valence-corrected chi connectivity index (χ3v) is 5.67. The molecule has 0 aliphatic heterocycles. The van der Waals surface area contributed by atoms with Gasteiger partial charge < -0.3 is 19.3 Å². The second kappa shape index (κ2) is 11.9. The quantitative estimate of drug-likeness (QED) is 0.464. The van der Waals surface area contributed by atoms with E-state index in [9.17, 15) is 9.90 Å². The van der Waals surface area contributed by atoms with Crippen LogP contribution in [-0.4, -0.2) is 36.5 Å². The summed E-state index contributed by atoms with van der Waals surface area (Å²) in [6.45, 7) is 4.23. The zero-order valence-electron chi connectivity index (χ0n) is 18.5. The fourth-order valence-electron chi connectivity index (χ4n) is 4.16. The Kier molecular flexibility index (Phi) is 8.92. The Balaban J connectivity index is 1.56. The van der Waals surface area contributed by atoms with Crippen LogP contribution in [0.1, 0.15) is 69.1 Å². The predicted molar refractivity (Wildman–Crippen MR) is 121 cm³/mol. The number of rotatable bonds is 11. The molecule has 0 saturated heterocycles. The predicted octanol–water partition coefficient (Wildman–Crippen LogP) is 5.75. The summed E-state index contributed by atoms with van der Waals surface area (Å²) in [5, 5.41) is 9.69. The van der Waals surface area contributed by atoms with E-state index < -0.39 is 18.2 Å². The van der Waals surface area contributed by atoms with Crippen LogP contribution in [0.2, 0.25) is 0 Å². The molecule has 5 nitrogen and oxygen atoms in total. The zero-order valence-corrected chi connectivity index (χ0v) is 18.5. The van der Waals surface area contributed by atoms with E-state index in [-0.39, 0.29) is 12.7 Å². The van der Waals surface area contributed by atoms with Gasteiger partial charge >= 0.3 is 5.97 Å². The first-order valence-electron chi connectivity index (χ1n) is 11.3. The highest BCUT2D eigenvalue weighted by Crippen LogP contribution is 2.33. The fraction of sp³-hybridized carbons (Fsp3) is 0.500. The molecule has 0 radical (unpaired) electrons. The maximum absolute atomic E-state index is 11.8. The number of aliphatic carboxylic acids is 1. The Morgan fingerprint density at radius 2 is 1.65 bits per heavy atom. The van der Waals surface area contributed by atoms with E-state index in [2.05, 4.69) is 12.1 Å². The second-order valence-corrected chi connectivity index (χ2v) is 8.40. The highest BCUT2D eigenvalue weighted by Gasteiger charge is 2.32. The van der Waals surface area contributed by atoms with Gasteiger partial charge in [-0.15, -0.1) is 0 Å². The first kappa shape index (κ1) is 23.3. The molecule has 0 bridgehead atoms. The average Bonchev–Trinajstić information content (AvgIpc) is 2.79. The van der Waals surface area contributed by atoms with Gasteiger partial charge in [-0.1, -0.05) is 61.7 Å². The Morgan fingerprint density at radius 3 is 2.26 bits per heavy atom. The molecule has 1 fully saturated rings. The van der Waals surface area contributed by atoms with Crippen LogP contribution in [0.5, 0.6) is 5.75 Å². The maximum Gasteiger partial charge on any atom is 0.335 e. The number of carboxylic acid groups (broad SMARTS) is 1. The van der Waals surface area contributed by atoms with E-state index in [1.807, 2.05) is 56.3 Å². The largest absolute Gasteiger partial charge is 0.491 e. The molecule has 2 aromatic rings. The summed E-state index contributed by atoms with van der Waals surface area (Å²) in [7, 11) is 0. The monoisotopic (exact) mass is 426 g/mol. The van der Waals surface area contributed by atoms with Gasteiger partial charge in [0.25, 0.3) is 0 Å². The lowest BCUT2D eigenvalue weighted by Gasteiger charge is -2.26. The minimum Gasteiger partial charge on any atom is -0.491 e. The highest BCUT2D eigenvalue weighted by atomic mass is 16.6. The van der Waals surface area contributed by atoms with Gasteiger partial charge in [-0.25, -0.2) is 4.79 Å². The van der Waals surface area contributed by atoms with Crippen molar-refractivity contribution < 1.29 is 24.1 Å². The van der Waals surface area contributed by atoms with Crippen LogP contribution in [0.25, 0.3) is 0 Å². The molecule has 0 amide bonds. The van der Waals surface area contributed by atoms with Crippen molar-refractivity contribution in [3.05, 3.63) is 65.7 Å². The lowest BCUT2D eigenvalue weighted by atomic mass is 9.84. The molecule has 0 spiro atoms. The molecule has 2 atom stereocenters. The standard InChI is InChI=1S/C26H34O5/c1-19(2)31-25(26(27)28)24(22-11-7-4-8-12-22)30-18-17-29-23-15-13-21(14-16-23)20-9-5-3-6-10-20/h4,7-8,11-16,19-20,24-25H,3,5-6,9-10,17-18H2,1-2H3,(H,27,28). The normalized spacial score (nSPS) is 16.7. The molecule has 0 heterocycles. The molecule has 1 aliphatic rings. The van der Waals surface area contributed by atoms with E-state index in [1.54, 1.807) is 0 Å². The van der Waals surface area contributed by atoms with E-state index in [4.69, 9.17) is 14.2 Å². The summed E-state index contributed by atoms with van der Waals surface area (Å²) < 4.78 is 17.5. The van der Waals surface area contributed by atoms with Crippen molar-refractivity contribution in [3.8, 4) is 5.75 Å². The zero-order chi connectivity index (χ0) is 22.1. The smallest absolute Gasteiger partial charge is 0.335 e. The summed E-state index contributed by atoms with van der Waals surface area (Å²) in [6.07, 6.45) is 4.52. The van der Waals surface area contributed by atoms with E-state index in [1.165, 1.54) is 37.7 Å². The minimum absolute atomic E-state index is 0.227. The molecule has 1 aliphatic carbocycles. The lowest BCUT2D eigenvalue weighted by Crippen LogP contribution is -2.35. The molecule has 1 saturated carbocycles. The van der Waals surface area contributed by atoms with E-state index in [0.29, 0.717) is 12.5 Å². The number of carboxylic acids is 1. The van der Waals surface area contributed by atoms with Crippen LogP contribution in [0.4, 0.5) is 0 Å². The summed E-state index contributed by atoms with van der Waals surface area (Å²) in [5.74, 6) is 0.432. The van der Waals surface area contributed by atoms with Gasteiger partial charge in [0.1, 0.15) is 18.5 Å². The number of carbonyl (C=O) groups is 1. The lowest BCUT2D eigenvalue weighted by molar-refractivity contribution is -0.168. The van der Waals surface area contributed by atoms with Crippen molar-refractivity contribution >= 4 is 5.97 Å². The molecule has 1 N–H and O–H groups in total. The summed E-state index contributed by atoms with van der Waals surface area (Å²) in [5.41, 5.74) is 2.16. The van der Waals surface area contributed by atoms with Crippen molar-refractivity contribution in [2.75, 3.05) is 13.2 Å². The third kappa shape index (κ3) is 7.08. The Morgan fingerprint density at radius 1 is 0.968 bits per heavy atom.